The Morgan fingerprint density at radius 2 is 1.94 bits per heavy atom. The fourth-order valence-corrected chi connectivity index (χ4v) is 2.30. The lowest BCUT2D eigenvalue weighted by molar-refractivity contribution is 0.414. The Kier molecular flexibility index (Phi) is 2.88. The molecule has 0 amide bonds. The van der Waals surface area contributed by atoms with Gasteiger partial charge in [0.05, 0.1) is 0 Å². The van der Waals surface area contributed by atoms with Gasteiger partial charge in [-0.15, -0.1) is 0 Å². The van der Waals surface area contributed by atoms with Gasteiger partial charge in [0.2, 0.25) is 12.2 Å². The van der Waals surface area contributed by atoms with Crippen molar-refractivity contribution in [3.8, 4) is 0 Å². The van der Waals surface area contributed by atoms with Crippen LogP contribution in [0.15, 0.2) is 47.6 Å². The lowest BCUT2D eigenvalue weighted by Gasteiger charge is -2.03. The van der Waals surface area contributed by atoms with Crippen LogP contribution in [-0.2, 0) is 10.7 Å². The smallest absolute Gasteiger partial charge is 0.208 e. The van der Waals surface area contributed by atoms with Crippen LogP contribution in [0.2, 0.25) is 0 Å². The number of aryl methyl sites for hydroxylation is 1. The van der Waals surface area contributed by atoms with E-state index in [1.54, 1.807) is 0 Å². The van der Waals surface area contributed by atoms with Crippen LogP contribution in [0.3, 0.4) is 0 Å². The van der Waals surface area contributed by atoms with Crippen molar-refractivity contribution >= 4 is 28.8 Å². The van der Waals surface area contributed by atoms with E-state index in [9.17, 15) is 0 Å². The Balaban J connectivity index is 1.76. The third-order valence-electron chi connectivity index (χ3n) is 2.81. The Morgan fingerprint density at radius 3 is 2.76 bits per heavy atom. The van der Waals surface area contributed by atoms with Crippen LogP contribution in [0.1, 0.15) is 12.0 Å². The van der Waals surface area contributed by atoms with Crippen molar-refractivity contribution in [3.05, 3.63) is 48.0 Å². The molecule has 2 aromatic carbocycles. The van der Waals surface area contributed by atoms with Crippen molar-refractivity contribution in [1.82, 2.24) is 4.72 Å². The zero-order valence-electron chi connectivity index (χ0n) is 9.22. The summed E-state index contributed by atoms with van der Waals surface area (Å²) in [5, 5.41) is 6.45. The van der Waals surface area contributed by atoms with Crippen LogP contribution >= 0.6 is 12.2 Å². The van der Waals surface area contributed by atoms with E-state index < -0.39 is 0 Å². The molecule has 0 aromatic heterocycles. The van der Waals surface area contributed by atoms with Gasteiger partial charge in [0, 0.05) is 6.42 Å². The van der Waals surface area contributed by atoms with Crippen LogP contribution in [0.5, 0.6) is 0 Å². The molecule has 86 valence electrons. The highest BCUT2D eigenvalue weighted by Gasteiger charge is 2.08. The van der Waals surface area contributed by atoms with Crippen molar-refractivity contribution in [3.63, 3.8) is 0 Å². The van der Waals surface area contributed by atoms with Gasteiger partial charge < -0.3 is 0 Å². The minimum Gasteiger partial charge on any atom is -0.297 e. The molecule has 0 bridgehead atoms. The highest BCUT2D eigenvalue weighted by molar-refractivity contribution is 7.93. The molecule has 0 radical (unpaired) electrons. The van der Waals surface area contributed by atoms with Gasteiger partial charge in [0.15, 0.2) is 5.84 Å². The molecule has 0 spiro atoms. The summed E-state index contributed by atoms with van der Waals surface area (Å²) >= 11 is 1.17. The minimum absolute atomic E-state index is 0.880. The second-order valence-electron chi connectivity index (χ2n) is 3.98. The number of nitrogens with one attached hydrogen (secondary N) is 1. The summed E-state index contributed by atoms with van der Waals surface area (Å²) in [5.41, 5.74) is 1.32. The number of rotatable bonds is 3. The molecule has 2 aromatic rings. The first-order valence-corrected chi connectivity index (χ1v) is 6.29. The molecule has 0 saturated carbocycles. The molecule has 0 atom stereocenters. The van der Waals surface area contributed by atoms with E-state index in [2.05, 4.69) is 52.3 Å². The summed E-state index contributed by atoms with van der Waals surface area (Å²) in [6.07, 6.45) is 1.85. The van der Waals surface area contributed by atoms with Crippen LogP contribution in [0, 0.1) is 0 Å². The fraction of sp³-hybridized carbons (Fsp3) is 0.154. The van der Waals surface area contributed by atoms with E-state index in [0.29, 0.717) is 0 Å². The average Bonchev–Trinajstić information content (AvgIpc) is 2.89. The molecule has 1 aliphatic rings. The predicted molar refractivity (Wildman–Crippen MR) is 71.5 cm³/mol. The molecule has 4 heteroatoms. The van der Waals surface area contributed by atoms with Gasteiger partial charge >= 0.3 is 0 Å². The molecule has 0 unspecified atom stereocenters. The molecule has 1 aliphatic heterocycles. The largest absolute Gasteiger partial charge is 0.297 e. The maximum absolute atomic E-state index is 4.81. The van der Waals surface area contributed by atoms with E-state index in [1.165, 1.54) is 28.6 Å². The van der Waals surface area contributed by atoms with Gasteiger partial charge in [-0.3, -0.25) is 9.01 Å². The molecule has 3 rings (SSSR count). The summed E-state index contributed by atoms with van der Waals surface area (Å²) in [7, 11) is 0. The third-order valence-corrected chi connectivity index (χ3v) is 3.28. The maximum Gasteiger partial charge on any atom is 0.208 e. The minimum atomic E-state index is 0.880. The monoisotopic (exact) mass is 244 g/mol. The first-order chi connectivity index (χ1) is 8.42. The van der Waals surface area contributed by atoms with Gasteiger partial charge in [-0.1, -0.05) is 47.6 Å². The highest BCUT2D eigenvalue weighted by Crippen LogP contribution is 2.17. The van der Waals surface area contributed by atoms with Crippen LogP contribution in [0.4, 0.5) is 0 Å². The van der Waals surface area contributed by atoms with E-state index in [4.69, 9.17) is 4.28 Å². The topological polar surface area (TPSA) is 33.6 Å². The van der Waals surface area contributed by atoms with Crippen LogP contribution < -0.4 is 4.72 Å². The number of oxime groups is 1. The number of amidine groups is 1. The standard InChI is InChI=1S/C13H12N2OS/c1-2-4-12-9-10(5-7-11(12)3-1)6-8-13-14-16-17-15-13/h1-5,7,9H,6,8H2,(H,14,15). The number of fused-ring (bicyclic) bond motifs is 1. The number of benzene rings is 2. The summed E-state index contributed by atoms with van der Waals surface area (Å²) in [6.45, 7) is 0. The Hall–Kier alpha value is -1.68. The SMILES string of the molecule is c1ccc2cc(CCC3=NOSN3)ccc2c1. The van der Waals surface area contributed by atoms with Crippen molar-refractivity contribution in [2.75, 3.05) is 0 Å². The van der Waals surface area contributed by atoms with Crippen LogP contribution in [0.25, 0.3) is 10.8 Å². The molecule has 0 fully saturated rings. The maximum atomic E-state index is 4.81. The summed E-state index contributed by atoms with van der Waals surface area (Å²) in [4.78, 5) is 0. The molecule has 1 heterocycles. The van der Waals surface area contributed by atoms with Gasteiger partial charge in [-0.25, -0.2) is 0 Å². The zero-order valence-corrected chi connectivity index (χ0v) is 10.0. The molecular formula is C13H12N2OS. The van der Waals surface area contributed by atoms with E-state index >= 15 is 0 Å². The van der Waals surface area contributed by atoms with E-state index in [1.807, 2.05) is 0 Å². The first kappa shape index (κ1) is 10.5. The van der Waals surface area contributed by atoms with Crippen molar-refractivity contribution in [2.24, 2.45) is 5.16 Å². The number of nitrogens with zero attached hydrogens (tertiary/aromatic N) is 1. The van der Waals surface area contributed by atoms with Crippen LogP contribution in [-0.4, -0.2) is 5.84 Å². The Labute approximate surface area is 104 Å². The van der Waals surface area contributed by atoms with Crippen molar-refractivity contribution in [2.45, 2.75) is 12.8 Å². The van der Waals surface area contributed by atoms with Crippen molar-refractivity contribution in [1.29, 1.82) is 0 Å². The zero-order chi connectivity index (χ0) is 11.5. The Bertz CT molecular complexity index is 568. The number of hydrogen-bond donors (Lipinski definition) is 1. The summed E-state index contributed by atoms with van der Waals surface area (Å²) in [6, 6.07) is 15.0. The Morgan fingerprint density at radius 1 is 1.06 bits per heavy atom. The molecule has 3 nitrogen and oxygen atoms in total. The molecule has 17 heavy (non-hydrogen) atoms. The average molecular weight is 244 g/mol. The third kappa shape index (κ3) is 2.36. The second kappa shape index (κ2) is 4.67. The lowest BCUT2D eigenvalue weighted by atomic mass is 10.0. The molecule has 1 N–H and O–H groups in total. The molecule has 0 saturated heterocycles. The number of hydrogen-bond acceptors (Lipinski definition) is 4. The van der Waals surface area contributed by atoms with Crippen molar-refractivity contribution < 1.29 is 4.28 Å². The van der Waals surface area contributed by atoms with Gasteiger partial charge in [-0.05, 0) is 22.8 Å². The van der Waals surface area contributed by atoms with Gasteiger partial charge in [0.1, 0.15) is 0 Å². The molecular weight excluding hydrogens is 232 g/mol. The van der Waals surface area contributed by atoms with E-state index in [0.717, 1.165) is 18.7 Å². The van der Waals surface area contributed by atoms with Gasteiger partial charge in [0.25, 0.3) is 0 Å². The fourth-order valence-electron chi connectivity index (χ4n) is 1.90. The molecule has 0 aliphatic carbocycles. The predicted octanol–water partition coefficient (Wildman–Crippen LogP) is 3.27. The normalized spacial score (nSPS) is 14.2. The summed E-state index contributed by atoms with van der Waals surface area (Å²) in [5.74, 6) is 0.906. The first-order valence-electron chi connectivity index (χ1n) is 5.55. The second-order valence-corrected chi connectivity index (χ2v) is 4.50. The summed E-state index contributed by atoms with van der Waals surface area (Å²) < 4.78 is 7.82. The van der Waals surface area contributed by atoms with Gasteiger partial charge in [-0.2, -0.15) is 0 Å². The highest BCUT2D eigenvalue weighted by atomic mass is 32.2. The van der Waals surface area contributed by atoms with E-state index in [-0.39, 0.29) is 0 Å². The quantitative estimate of drug-likeness (QED) is 0.664. The lowest BCUT2D eigenvalue weighted by Crippen LogP contribution is -2.11.